The molecule has 97 valence electrons. The van der Waals surface area contributed by atoms with Crippen LogP contribution in [0.3, 0.4) is 0 Å². The lowest BCUT2D eigenvalue weighted by Gasteiger charge is -2.15. The van der Waals surface area contributed by atoms with Gasteiger partial charge in [-0.15, -0.1) is 0 Å². The highest BCUT2D eigenvalue weighted by molar-refractivity contribution is 6.84. The number of hydrogen-bond acceptors (Lipinski definition) is 1. The summed E-state index contributed by atoms with van der Waals surface area (Å²) in [6, 6.07) is 28.8. The summed E-state index contributed by atoms with van der Waals surface area (Å²) < 4.78 is 0. The summed E-state index contributed by atoms with van der Waals surface area (Å²) in [5, 5.41) is 2.88. The SMILES string of the molecule is c1ccc([Si](Cc2ccccn2)c2ccccc2)cc1. The first kappa shape index (κ1) is 12.8. The number of benzene rings is 2. The van der Waals surface area contributed by atoms with Crippen LogP contribution in [0.1, 0.15) is 5.69 Å². The van der Waals surface area contributed by atoms with Crippen LogP contribution in [0.2, 0.25) is 0 Å². The molecule has 0 spiro atoms. The topological polar surface area (TPSA) is 12.9 Å². The Morgan fingerprint density at radius 1 is 0.650 bits per heavy atom. The van der Waals surface area contributed by atoms with Gasteiger partial charge < -0.3 is 0 Å². The Hall–Kier alpha value is -2.19. The Bertz CT molecular complexity index is 599. The van der Waals surface area contributed by atoms with E-state index < -0.39 is 8.80 Å². The molecule has 0 saturated heterocycles. The van der Waals surface area contributed by atoms with Crippen molar-refractivity contribution in [3.05, 3.63) is 90.8 Å². The molecule has 3 rings (SSSR count). The Kier molecular flexibility index (Phi) is 4.04. The fourth-order valence-electron chi connectivity index (χ4n) is 2.33. The maximum absolute atomic E-state index is 4.50. The summed E-state index contributed by atoms with van der Waals surface area (Å²) in [4.78, 5) is 4.50. The first-order chi connectivity index (χ1) is 9.93. The molecular formula is C18H16NSi. The molecule has 1 aromatic heterocycles. The normalized spacial score (nSPS) is 10.7. The van der Waals surface area contributed by atoms with Crippen LogP contribution < -0.4 is 10.4 Å². The molecule has 0 bridgehead atoms. The quantitative estimate of drug-likeness (QED) is 0.666. The molecule has 0 N–H and O–H groups in total. The van der Waals surface area contributed by atoms with Gasteiger partial charge in [0, 0.05) is 11.9 Å². The molecule has 20 heavy (non-hydrogen) atoms. The van der Waals surface area contributed by atoms with Gasteiger partial charge in [0.1, 0.15) is 8.80 Å². The van der Waals surface area contributed by atoms with E-state index in [1.807, 2.05) is 12.3 Å². The second kappa shape index (κ2) is 6.31. The average molecular weight is 274 g/mol. The minimum Gasteiger partial charge on any atom is -0.262 e. The average Bonchev–Trinajstić information content (AvgIpc) is 2.55. The van der Waals surface area contributed by atoms with Gasteiger partial charge in [0.05, 0.1) is 0 Å². The maximum atomic E-state index is 4.50. The zero-order chi connectivity index (χ0) is 13.6. The van der Waals surface area contributed by atoms with E-state index in [1.54, 1.807) is 0 Å². The molecule has 0 unspecified atom stereocenters. The van der Waals surface area contributed by atoms with Gasteiger partial charge in [0.2, 0.25) is 0 Å². The van der Waals surface area contributed by atoms with Crippen molar-refractivity contribution in [1.29, 1.82) is 0 Å². The number of pyridine rings is 1. The van der Waals surface area contributed by atoms with Gasteiger partial charge in [-0.25, -0.2) is 0 Å². The molecule has 0 saturated carbocycles. The molecule has 2 aromatic carbocycles. The van der Waals surface area contributed by atoms with Gasteiger partial charge in [-0.3, -0.25) is 4.98 Å². The van der Waals surface area contributed by atoms with Gasteiger partial charge in [-0.05, 0) is 18.2 Å². The van der Waals surface area contributed by atoms with E-state index in [-0.39, 0.29) is 0 Å². The summed E-state index contributed by atoms with van der Waals surface area (Å²) in [7, 11) is -0.815. The highest BCUT2D eigenvalue weighted by Gasteiger charge is 2.17. The van der Waals surface area contributed by atoms with Crippen molar-refractivity contribution in [3.63, 3.8) is 0 Å². The van der Waals surface area contributed by atoms with Crippen LogP contribution >= 0.6 is 0 Å². The van der Waals surface area contributed by atoms with Gasteiger partial charge in [0.15, 0.2) is 0 Å². The zero-order valence-electron chi connectivity index (χ0n) is 11.2. The van der Waals surface area contributed by atoms with Crippen molar-refractivity contribution in [3.8, 4) is 0 Å². The summed E-state index contributed by atoms with van der Waals surface area (Å²) in [5.74, 6) is 0. The third-order valence-electron chi connectivity index (χ3n) is 3.33. The first-order valence-electron chi connectivity index (χ1n) is 6.80. The number of hydrogen-bond donors (Lipinski definition) is 0. The van der Waals surface area contributed by atoms with E-state index in [2.05, 4.69) is 77.8 Å². The highest BCUT2D eigenvalue weighted by atomic mass is 28.3. The monoisotopic (exact) mass is 274 g/mol. The van der Waals surface area contributed by atoms with Crippen molar-refractivity contribution in [2.75, 3.05) is 0 Å². The van der Waals surface area contributed by atoms with Gasteiger partial charge in [-0.1, -0.05) is 77.1 Å². The molecule has 2 heteroatoms. The lowest BCUT2D eigenvalue weighted by atomic mass is 10.4. The first-order valence-corrected chi connectivity index (χ1v) is 8.51. The summed E-state index contributed by atoms with van der Waals surface area (Å²) in [6.07, 6.45) is 1.88. The number of aromatic nitrogens is 1. The Morgan fingerprint density at radius 2 is 1.20 bits per heavy atom. The van der Waals surface area contributed by atoms with E-state index >= 15 is 0 Å². The summed E-state index contributed by atoms with van der Waals surface area (Å²) >= 11 is 0. The van der Waals surface area contributed by atoms with Crippen molar-refractivity contribution >= 4 is 19.2 Å². The van der Waals surface area contributed by atoms with E-state index in [4.69, 9.17) is 0 Å². The molecule has 0 aliphatic rings. The largest absolute Gasteiger partial charge is 0.262 e. The van der Waals surface area contributed by atoms with E-state index in [9.17, 15) is 0 Å². The van der Waals surface area contributed by atoms with Gasteiger partial charge in [0.25, 0.3) is 0 Å². The Labute approximate surface area is 121 Å². The van der Waals surface area contributed by atoms with Crippen molar-refractivity contribution in [2.24, 2.45) is 0 Å². The molecule has 0 fully saturated rings. The zero-order valence-corrected chi connectivity index (χ0v) is 12.2. The second-order valence-electron chi connectivity index (χ2n) is 4.71. The molecular weight excluding hydrogens is 258 g/mol. The minimum atomic E-state index is -0.815. The third kappa shape index (κ3) is 3.03. The highest BCUT2D eigenvalue weighted by Crippen LogP contribution is 2.01. The molecule has 1 heterocycles. The van der Waals surface area contributed by atoms with Crippen molar-refractivity contribution < 1.29 is 0 Å². The minimum absolute atomic E-state index is 0.815. The maximum Gasteiger partial charge on any atom is 0.127 e. The van der Waals surface area contributed by atoms with Crippen LogP contribution in [0.15, 0.2) is 85.1 Å². The molecule has 1 radical (unpaired) electrons. The molecule has 0 aliphatic carbocycles. The fraction of sp³-hybridized carbons (Fsp3) is 0.0556. The van der Waals surface area contributed by atoms with Crippen LogP contribution in [-0.2, 0) is 6.04 Å². The smallest absolute Gasteiger partial charge is 0.127 e. The molecule has 0 atom stereocenters. The molecule has 0 amide bonds. The van der Waals surface area contributed by atoms with Gasteiger partial charge in [-0.2, -0.15) is 0 Å². The summed E-state index contributed by atoms with van der Waals surface area (Å²) in [6.45, 7) is 0. The van der Waals surface area contributed by atoms with Gasteiger partial charge >= 0.3 is 0 Å². The van der Waals surface area contributed by atoms with Crippen LogP contribution in [0, 0.1) is 0 Å². The van der Waals surface area contributed by atoms with Crippen LogP contribution in [0.25, 0.3) is 0 Å². The number of nitrogens with zero attached hydrogens (tertiary/aromatic N) is 1. The lowest BCUT2D eigenvalue weighted by Crippen LogP contribution is -2.44. The standard InChI is InChI=1S/C18H16NSi/c1-3-10-17(11-4-1)20(18-12-5-2-6-13-18)15-16-9-7-8-14-19-16/h1-14H,15H2. The Balaban J connectivity index is 1.96. The summed E-state index contributed by atoms with van der Waals surface area (Å²) in [5.41, 5.74) is 1.18. The van der Waals surface area contributed by atoms with Crippen LogP contribution in [0.5, 0.6) is 0 Å². The lowest BCUT2D eigenvalue weighted by molar-refractivity contribution is 1.16. The number of rotatable bonds is 4. The van der Waals surface area contributed by atoms with Crippen LogP contribution in [0.4, 0.5) is 0 Å². The van der Waals surface area contributed by atoms with E-state index in [1.165, 1.54) is 16.1 Å². The van der Waals surface area contributed by atoms with E-state index in [0.717, 1.165) is 6.04 Å². The predicted molar refractivity (Wildman–Crippen MR) is 85.8 cm³/mol. The molecule has 1 nitrogen and oxygen atoms in total. The van der Waals surface area contributed by atoms with Crippen molar-refractivity contribution in [2.45, 2.75) is 6.04 Å². The second-order valence-corrected chi connectivity index (χ2v) is 7.17. The van der Waals surface area contributed by atoms with E-state index in [0.29, 0.717) is 0 Å². The Morgan fingerprint density at radius 3 is 1.70 bits per heavy atom. The molecule has 0 aliphatic heterocycles. The van der Waals surface area contributed by atoms with Crippen LogP contribution in [-0.4, -0.2) is 13.8 Å². The molecule has 3 aromatic rings. The fourth-order valence-corrected chi connectivity index (χ4v) is 4.84. The predicted octanol–water partition coefficient (Wildman–Crippen LogP) is 2.47. The van der Waals surface area contributed by atoms with Crippen molar-refractivity contribution in [1.82, 2.24) is 4.98 Å². The third-order valence-corrected chi connectivity index (χ3v) is 6.10.